The van der Waals surface area contributed by atoms with Gasteiger partial charge in [0.15, 0.2) is 0 Å². The van der Waals surface area contributed by atoms with Gasteiger partial charge in [0.2, 0.25) is 0 Å². The normalized spacial score (nSPS) is 11.8. The predicted molar refractivity (Wildman–Crippen MR) is 67.3 cm³/mol. The maximum Gasteiger partial charge on any atom is 0.0379 e. The highest BCUT2D eigenvalue weighted by Crippen LogP contribution is 2.24. The van der Waals surface area contributed by atoms with Gasteiger partial charge in [-0.15, -0.1) is 0 Å². The molecule has 0 bridgehead atoms. The third kappa shape index (κ3) is 2.82. The Bertz CT molecular complexity index is 326. The number of hydrogen-bond acceptors (Lipinski definition) is 1. The van der Waals surface area contributed by atoms with Gasteiger partial charge >= 0.3 is 0 Å². The Hall–Kier alpha value is -0.820. The van der Waals surface area contributed by atoms with E-state index in [1.807, 2.05) is 0 Å². The van der Waals surface area contributed by atoms with Gasteiger partial charge in [0.05, 0.1) is 0 Å². The van der Waals surface area contributed by atoms with E-state index in [2.05, 4.69) is 58.1 Å². The molecule has 0 saturated heterocycles. The lowest BCUT2D eigenvalue weighted by Gasteiger charge is -2.28. The third-order valence-electron chi connectivity index (χ3n) is 2.99. The highest BCUT2D eigenvalue weighted by Gasteiger charge is 2.20. The summed E-state index contributed by atoms with van der Waals surface area (Å²) in [6.07, 6.45) is 1.11. The zero-order valence-electron chi connectivity index (χ0n) is 10.6. The van der Waals surface area contributed by atoms with Gasteiger partial charge in [0, 0.05) is 5.54 Å². The summed E-state index contributed by atoms with van der Waals surface area (Å²) in [5.74, 6) is 0. The largest absolute Gasteiger partial charge is 0.308 e. The summed E-state index contributed by atoms with van der Waals surface area (Å²) in [6, 6.07) is 6.80. The minimum Gasteiger partial charge on any atom is -0.308 e. The molecular weight excluding hydrogens is 182 g/mol. The van der Waals surface area contributed by atoms with E-state index in [9.17, 15) is 0 Å². The van der Waals surface area contributed by atoms with Gasteiger partial charge < -0.3 is 5.32 Å². The minimum atomic E-state index is 0.0745. The summed E-state index contributed by atoms with van der Waals surface area (Å²) in [5, 5.41) is 3.52. The van der Waals surface area contributed by atoms with Crippen molar-refractivity contribution in [1.29, 1.82) is 0 Å². The van der Waals surface area contributed by atoms with Crippen LogP contribution in [0.4, 0.5) is 0 Å². The molecule has 1 aromatic carbocycles. The molecule has 1 nitrogen and oxygen atoms in total. The molecule has 0 aromatic heterocycles. The quantitative estimate of drug-likeness (QED) is 0.794. The van der Waals surface area contributed by atoms with Crippen molar-refractivity contribution in [2.24, 2.45) is 0 Å². The maximum absolute atomic E-state index is 3.52. The first kappa shape index (κ1) is 12.3. The first-order chi connectivity index (χ1) is 7.01. The molecule has 0 heterocycles. The molecule has 0 fully saturated rings. The molecule has 0 spiro atoms. The first-order valence-electron chi connectivity index (χ1n) is 5.86. The monoisotopic (exact) mass is 205 g/mol. The van der Waals surface area contributed by atoms with Crippen molar-refractivity contribution in [2.75, 3.05) is 6.54 Å². The van der Waals surface area contributed by atoms with Crippen LogP contribution in [0.15, 0.2) is 18.2 Å². The molecule has 1 heteroatoms. The Morgan fingerprint density at radius 1 is 1.20 bits per heavy atom. The van der Waals surface area contributed by atoms with E-state index in [4.69, 9.17) is 0 Å². The fourth-order valence-corrected chi connectivity index (χ4v) is 2.18. The van der Waals surface area contributed by atoms with E-state index >= 15 is 0 Å². The number of rotatable bonds is 4. The predicted octanol–water partition coefficient (Wildman–Crippen LogP) is 3.40. The molecule has 1 N–H and O–H groups in total. The van der Waals surface area contributed by atoms with Crippen molar-refractivity contribution >= 4 is 0 Å². The van der Waals surface area contributed by atoms with Gasteiger partial charge in [-0.2, -0.15) is 0 Å². The lowest BCUT2D eigenvalue weighted by atomic mass is 9.89. The summed E-state index contributed by atoms with van der Waals surface area (Å²) in [7, 11) is 0. The van der Waals surface area contributed by atoms with Crippen molar-refractivity contribution in [3.63, 3.8) is 0 Å². The summed E-state index contributed by atoms with van der Waals surface area (Å²) < 4.78 is 0. The lowest BCUT2D eigenvalue weighted by Crippen LogP contribution is -2.36. The molecule has 0 aliphatic carbocycles. The second kappa shape index (κ2) is 4.80. The van der Waals surface area contributed by atoms with Crippen LogP contribution in [-0.4, -0.2) is 6.54 Å². The third-order valence-corrected chi connectivity index (χ3v) is 2.99. The Kier molecular flexibility index (Phi) is 3.92. The number of nitrogens with one attached hydrogen (secondary N) is 1. The van der Waals surface area contributed by atoms with Crippen LogP contribution in [-0.2, 0) is 12.0 Å². The second-order valence-corrected chi connectivity index (χ2v) is 4.66. The summed E-state index contributed by atoms with van der Waals surface area (Å²) in [6.45, 7) is 12.0. The average molecular weight is 205 g/mol. The highest BCUT2D eigenvalue weighted by atomic mass is 14.9. The topological polar surface area (TPSA) is 12.0 Å². The molecule has 0 radical (unpaired) electrons. The molecule has 0 atom stereocenters. The van der Waals surface area contributed by atoms with Crippen LogP contribution < -0.4 is 5.32 Å². The zero-order chi connectivity index (χ0) is 11.5. The molecule has 0 unspecified atom stereocenters. The average Bonchev–Trinajstić information content (AvgIpc) is 2.17. The fourth-order valence-electron chi connectivity index (χ4n) is 2.18. The zero-order valence-corrected chi connectivity index (χ0v) is 10.6. The standard InChI is InChI=1S/C14H23N/c1-6-12-8-9-13(11(3)10-12)14(4,5)15-7-2/h8-10,15H,6-7H2,1-5H3. The van der Waals surface area contributed by atoms with E-state index in [0.29, 0.717) is 0 Å². The SMILES string of the molecule is CCNC(C)(C)c1ccc(CC)cc1C. The van der Waals surface area contributed by atoms with Gasteiger partial charge in [-0.05, 0) is 50.4 Å². The van der Waals surface area contributed by atoms with E-state index in [1.165, 1.54) is 16.7 Å². The van der Waals surface area contributed by atoms with E-state index in [-0.39, 0.29) is 5.54 Å². The molecule has 0 aliphatic heterocycles. The Labute approximate surface area is 93.9 Å². The van der Waals surface area contributed by atoms with Gasteiger partial charge in [0.25, 0.3) is 0 Å². The van der Waals surface area contributed by atoms with Crippen molar-refractivity contribution in [3.05, 3.63) is 34.9 Å². The first-order valence-corrected chi connectivity index (χ1v) is 5.86. The number of hydrogen-bond donors (Lipinski definition) is 1. The second-order valence-electron chi connectivity index (χ2n) is 4.66. The number of aryl methyl sites for hydroxylation is 2. The van der Waals surface area contributed by atoms with Crippen molar-refractivity contribution in [2.45, 2.75) is 46.6 Å². The molecule has 1 aromatic rings. The number of benzene rings is 1. The van der Waals surface area contributed by atoms with Gasteiger partial charge in [-0.25, -0.2) is 0 Å². The van der Waals surface area contributed by atoms with Crippen molar-refractivity contribution in [1.82, 2.24) is 5.32 Å². The molecule has 15 heavy (non-hydrogen) atoms. The summed E-state index contributed by atoms with van der Waals surface area (Å²) >= 11 is 0. The van der Waals surface area contributed by atoms with Gasteiger partial charge in [-0.1, -0.05) is 32.0 Å². The molecule has 0 aliphatic rings. The fraction of sp³-hybridized carbons (Fsp3) is 0.571. The van der Waals surface area contributed by atoms with Gasteiger partial charge in [0.1, 0.15) is 0 Å². The Morgan fingerprint density at radius 3 is 2.33 bits per heavy atom. The molecule has 0 saturated carbocycles. The highest BCUT2D eigenvalue weighted by molar-refractivity contribution is 5.35. The molecule has 0 amide bonds. The van der Waals surface area contributed by atoms with Crippen molar-refractivity contribution in [3.8, 4) is 0 Å². The van der Waals surface area contributed by atoms with Crippen LogP contribution in [0.5, 0.6) is 0 Å². The minimum absolute atomic E-state index is 0.0745. The smallest absolute Gasteiger partial charge is 0.0379 e. The van der Waals surface area contributed by atoms with Crippen LogP contribution in [0.2, 0.25) is 0 Å². The summed E-state index contributed by atoms with van der Waals surface area (Å²) in [4.78, 5) is 0. The maximum atomic E-state index is 3.52. The van der Waals surface area contributed by atoms with E-state index < -0.39 is 0 Å². The Balaban J connectivity index is 3.04. The lowest BCUT2D eigenvalue weighted by molar-refractivity contribution is 0.413. The van der Waals surface area contributed by atoms with E-state index in [0.717, 1.165) is 13.0 Å². The summed E-state index contributed by atoms with van der Waals surface area (Å²) in [5.41, 5.74) is 4.29. The van der Waals surface area contributed by atoms with Crippen molar-refractivity contribution < 1.29 is 0 Å². The van der Waals surface area contributed by atoms with E-state index in [1.54, 1.807) is 0 Å². The van der Waals surface area contributed by atoms with Crippen LogP contribution in [0, 0.1) is 6.92 Å². The van der Waals surface area contributed by atoms with Crippen LogP contribution in [0.1, 0.15) is 44.4 Å². The van der Waals surface area contributed by atoms with Crippen LogP contribution in [0.25, 0.3) is 0 Å². The van der Waals surface area contributed by atoms with Gasteiger partial charge in [-0.3, -0.25) is 0 Å². The van der Waals surface area contributed by atoms with Crippen LogP contribution >= 0.6 is 0 Å². The van der Waals surface area contributed by atoms with Crippen LogP contribution in [0.3, 0.4) is 0 Å². The molecule has 84 valence electrons. The molecular formula is C14H23N. The Morgan fingerprint density at radius 2 is 1.87 bits per heavy atom. The molecule has 1 rings (SSSR count).